The van der Waals surface area contributed by atoms with E-state index < -0.39 is 0 Å². The smallest absolute Gasteiger partial charge is 0.0233 e. The second kappa shape index (κ2) is 7.57. The summed E-state index contributed by atoms with van der Waals surface area (Å²) in [7, 11) is 2.16. The maximum absolute atomic E-state index is 3.83. The van der Waals surface area contributed by atoms with Gasteiger partial charge in [0.05, 0.1) is 0 Å². The topological polar surface area (TPSA) is 3.24 Å². The van der Waals surface area contributed by atoms with Gasteiger partial charge in [0.25, 0.3) is 0 Å². The third kappa shape index (κ3) is 3.93. The van der Waals surface area contributed by atoms with Crippen molar-refractivity contribution in [1.29, 1.82) is 0 Å². The lowest BCUT2D eigenvalue weighted by Gasteiger charge is -2.24. The molecule has 1 rings (SSSR count). The molecule has 0 atom stereocenters. The minimum atomic E-state index is 1.06. The molecule has 1 heteroatoms. The van der Waals surface area contributed by atoms with Gasteiger partial charge < -0.3 is 4.90 Å². The van der Waals surface area contributed by atoms with Crippen LogP contribution < -0.4 is 0 Å². The van der Waals surface area contributed by atoms with Gasteiger partial charge in [0.2, 0.25) is 0 Å². The van der Waals surface area contributed by atoms with Crippen molar-refractivity contribution in [3.63, 3.8) is 0 Å². The molecule has 0 saturated heterocycles. The summed E-state index contributed by atoms with van der Waals surface area (Å²) in [4.78, 5) is 2.34. The van der Waals surface area contributed by atoms with E-state index in [1.165, 1.54) is 11.1 Å². The van der Waals surface area contributed by atoms with Crippen LogP contribution in [-0.4, -0.2) is 25.0 Å². The van der Waals surface area contributed by atoms with Crippen LogP contribution in [0.2, 0.25) is 0 Å². The van der Waals surface area contributed by atoms with Crippen molar-refractivity contribution in [3.8, 4) is 0 Å². The summed E-state index contributed by atoms with van der Waals surface area (Å²) < 4.78 is 0. The Hall–Kier alpha value is -0.820. The zero-order valence-corrected chi connectivity index (χ0v) is 10.0. The van der Waals surface area contributed by atoms with E-state index in [0.717, 1.165) is 19.5 Å². The lowest BCUT2D eigenvalue weighted by molar-refractivity contribution is 0.354. The standard InChI is InChI=1S/C11H17N.C2H6/c1-4-6-11-9-12(3)8-7-10(11)5-2;1-2/h4-6H,2,7-9H2,1,3H3;1-2H3/b6-4-;. The first-order valence-electron chi connectivity index (χ1n) is 5.43. The highest BCUT2D eigenvalue weighted by Gasteiger charge is 2.11. The van der Waals surface area contributed by atoms with Crippen LogP contribution in [0.1, 0.15) is 27.2 Å². The number of hydrogen-bond donors (Lipinski definition) is 0. The molecule has 0 aliphatic carbocycles. The highest BCUT2D eigenvalue weighted by molar-refractivity contribution is 5.35. The molecular weight excluding hydrogens is 170 g/mol. The van der Waals surface area contributed by atoms with Gasteiger partial charge in [0, 0.05) is 13.1 Å². The second-order valence-corrected chi connectivity index (χ2v) is 3.24. The quantitative estimate of drug-likeness (QED) is 0.649. The van der Waals surface area contributed by atoms with E-state index in [9.17, 15) is 0 Å². The van der Waals surface area contributed by atoms with Crippen LogP contribution in [0.3, 0.4) is 0 Å². The predicted molar refractivity (Wildman–Crippen MR) is 65.5 cm³/mol. The molecule has 1 nitrogen and oxygen atoms in total. The van der Waals surface area contributed by atoms with Crippen LogP contribution in [0.15, 0.2) is 36.0 Å². The molecule has 0 aromatic rings. The Kier molecular flexibility index (Phi) is 7.13. The fourth-order valence-electron chi connectivity index (χ4n) is 1.54. The van der Waals surface area contributed by atoms with Crippen molar-refractivity contribution >= 4 is 0 Å². The summed E-state index contributed by atoms with van der Waals surface area (Å²) >= 11 is 0. The van der Waals surface area contributed by atoms with Crippen molar-refractivity contribution in [2.45, 2.75) is 27.2 Å². The SMILES string of the molecule is C=CC1=C(/C=C\C)CN(C)CC1.CC. The Balaban J connectivity index is 0.000000791. The molecule has 0 N–H and O–H groups in total. The number of hydrogen-bond acceptors (Lipinski definition) is 1. The molecule has 0 amide bonds. The zero-order chi connectivity index (χ0) is 11.0. The Morgan fingerprint density at radius 1 is 1.29 bits per heavy atom. The molecule has 1 heterocycles. The van der Waals surface area contributed by atoms with Crippen LogP contribution in [0.5, 0.6) is 0 Å². The number of likely N-dealkylation sites (N-methyl/N-ethyl adjacent to an activating group) is 1. The van der Waals surface area contributed by atoms with E-state index in [1.54, 1.807) is 0 Å². The minimum Gasteiger partial charge on any atom is -0.302 e. The Morgan fingerprint density at radius 3 is 2.43 bits per heavy atom. The first-order chi connectivity index (χ1) is 6.77. The normalized spacial score (nSPS) is 18.0. The van der Waals surface area contributed by atoms with E-state index in [-0.39, 0.29) is 0 Å². The summed E-state index contributed by atoms with van der Waals surface area (Å²) in [5.41, 5.74) is 2.83. The van der Waals surface area contributed by atoms with E-state index in [2.05, 4.69) is 37.6 Å². The van der Waals surface area contributed by atoms with Crippen LogP contribution >= 0.6 is 0 Å². The van der Waals surface area contributed by atoms with Crippen LogP contribution in [0.4, 0.5) is 0 Å². The highest BCUT2D eigenvalue weighted by atomic mass is 15.1. The molecule has 0 bridgehead atoms. The van der Waals surface area contributed by atoms with Crippen LogP contribution in [0, 0.1) is 0 Å². The van der Waals surface area contributed by atoms with E-state index in [4.69, 9.17) is 0 Å². The van der Waals surface area contributed by atoms with Gasteiger partial charge in [0.1, 0.15) is 0 Å². The molecule has 0 spiro atoms. The first kappa shape index (κ1) is 13.2. The molecule has 14 heavy (non-hydrogen) atoms. The van der Waals surface area contributed by atoms with Gasteiger partial charge in [-0.25, -0.2) is 0 Å². The van der Waals surface area contributed by atoms with Gasteiger partial charge in [-0.05, 0) is 31.5 Å². The fourth-order valence-corrected chi connectivity index (χ4v) is 1.54. The first-order valence-corrected chi connectivity index (χ1v) is 5.43. The van der Waals surface area contributed by atoms with Gasteiger partial charge in [0.15, 0.2) is 0 Å². The second-order valence-electron chi connectivity index (χ2n) is 3.24. The lowest BCUT2D eigenvalue weighted by Crippen LogP contribution is -2.26. The van der Waals surface area contributed by atoms with E-state index in [1.807, 2.05) is 19.9 Å². The van der Waals surface area contributed by atoms with E-state index >= 15 is 0 Å². The van der Waals surface area contributed by atoms with Gasteiger partial charge >= 0.3 is 0 Å². The maximum atomic E-state index is 3.83. The molecule has 0 aromatic carbocycles. The molecule has 80 valence electrons. The third-order valence-electron chi connectivity index (χ3n) is 2.23. The summed E-state index contributed by atoms with van der Waals surface area (Å²) in [6.07, 6.45) is 7.41. The third-order valence-corrected chi connectivity index (χ3v) is 2.23. The summed E-state index contributed by atoms with van der Waals surface area (Å²) in [5.74, 6) is 0. The fraction of sp³-hybridized carbons (Fsp3) is 0.538. The Labute approximate surface area is 88.8 Å². The number of nitrogens with zero attached hydrogens (tertiary/aromatic N) is 1. The van der Waals surface area contributed by atoms with Crippen molar-refractivity contribution in [3.05, 3.63) is 36.0 Å². The van der Waals surface area contributed by atoms with Crippen LogP contribution in [-0.2, 0) is 0 Å². The molecule has 0 fully saturated rings. The van der Waals surface area contributed by atoms with Crippen molar-refractivity contribution in [2.75, 3.05) is 20.1 Å². The Morgan fingerprint density at radius 2 is 1.93 bits per heavy atom. The van der Waals surface area contributed by atoms with Crippen molar-refractivity contribution in [2.24, 2.45) is 0 Å². The molecule has 0 unspecified atom stereocenters. The molecule has 1 aliphatic rings. The summed E-state index contributed by atoms with van der Waals surface area (Å²) in [6.45, 7) is 12.1. The molecule has 0 radical (unpaired) electrons. The molecular formula is C13H23N. The predicted octanol–water partition coefficient (Wildman–Crippen LogP) is 3.41. The summed E-state index contributed by atoms with van der Waals surface area (Å²) in [6, 6.07) is 0. The minimum absolute atomic E-state index is 1.06. The van der Waals surface area contributed by atoms with Gasteiger partial charge in [-0.3, -0.25) is 0 Å². The number of rotatable bonds is 2. The van der Waals surface area contributed by atoms with Gasteiger partial charge in [-0.1, -0.05) is 38.7 Å². The largest absolute Gasteiger partial charge is 0.302 e. The Bertz CT molecular complexity index is 223. The van der Waals surface area contributed by atoms with Gasteiger partial charge in [-0.2, -0.15) is 0 Å². The molecule has 0 saturated carbocycles. The monoisotopic (exact) mass is 193 g/mol. The highest BCUT2D eigenvalue weighted by Crippen LogP contribution is 2.18. The van der Waals surface area contributed by atoms with Crippen molar-refractivity contribution in [1.82, 2.24) is 4.90 Å². The molecule has 0 aromatic heterocycles. The van der Waals surface area contributed by atoms with Crippen LogP contribution in [0.25, 0.3) is 0 Å². The lowest BCUT2D eigenvalue weighted by atomic mass is 10.0. The molecule has 1 aliphatic heterocycles. The number of allylic oxidation sites excluding steroid dienone is 2. The maximum Gasteiger partial charge on any atom is 0.0233 e. The van der Waals surface area contributed by atoms with Gasteiger partial charge in [-0.15, -0.1) is 0 Å². The van der Waals surface area contributed by atoms with Crippen molar-refractivity contribution < 1.29 is 0 Å². The average Bonchev–Trinajstić information content (AvgIpc) is 2.22. The average molecular weight is 193 g/mol. The van der Waals surface area contributed by atoms with E-state index in [0.29, 0.717) is 0 Å². The zero-order valence-electron chi connectivity index (χ0n) is 10.0. The summed E-state index contributed by atoms with van der Waals surface area (Å²) in [5, 5.41) is 0.